The van der Waals surface area contributed by atoms with Gasteiger partial charge in [-0.2, -0.15) is 0 Å². The Bertz CT molecular complexity index is 638. The van der Waals surface area contributed by atoms with Crippen molar-refractivity contribution in [2.45, 2.75) is 12.5 Å². The Balaban J connectivity index is 0.00000338. The number of nitrogens with one attached hydrogen (secondary N) is 2. The molecular formula is C18H27BrIN5O. The molecule has 1 amide bonds. The van der Waals surface area contributed by atoms with Crippen molar-refractivity contribution in [3.8, 4) is 0 Å². The smallest absolute Gasteiger partial charge is 0.243 e. The molecule has 0 saturated carbocycles. The second kappa shape index (κ2) is 11.4. The van der Waals surface area contributed by atoms with Crippen LogP contribution in [0, 0.1) is 0 Å². The number of anilines is 1. The van der Waals surface area contributed by atoms with E-state index in [9.17, 15) is 4.79 Å². The third-order valence-electron chi connectivity index (χ3n) is 4.01. The average molecular weight is 536 g/mol. The predicted octanol–water partition coefficient (Wildman–Crippen LogP) is 2.46. The van der Waals surface area contributed by atoms with Crippen LogP contribution in [0.3, 0.4) is 0 Å². The Morgan fingerprint density at radius 1 is 1.46 bits per heavy atom. The minimum atomic E-state index is -0.0269. The quantitative estimate of drug-likeness (QED) is 0.254. The van der Waals surface area contributed by atoms with E-state index in [4.69, 9.17) is 0 Å². The summed E-state index contributed by atoms with van der Waals surface area (Å²) in [5.74, 6) is 0.620. The molecule has 0 aliphatic carbocycles. The molecule has 1 aromatic rings. The highest BCUT2D eigenvalue weighted by Gasteiger charge is 2.24. The maximum atomic E-state index is 11.8. The van der Waals surface area contributed by atoms with Crippen molar-refractivity contribution in [3.05, 3.63) is 41.4 Å². The molecule has 1 unspecified atom stereocenters. The number of nitrogens with zero attached hydrogens (tertiary/aromatic N) is 3. The zero-order chi connectivity index (χ0) is 18.2. The van der Waals surface area contributed by atoms with Crippen LogP contribution in [0.1, 0.15) is 6.42 Å². The molecule has 8 heteroatoms. The zero-order valence-corrected chi connectivity index (χ0v) is 19.2. The van der Waals surface area contributed by atoms with Gasteiger partial charge in [-0.05, 0) is 34.5 Å². The number of likely N-dealkylation sites (N-methyl/N-ethyl adjacent to an activating group) is 1. The fraction of sp³-hybridized carbons (Fsp3) is 0.444. The average Bonchev–Trinajstić information content (AvgIpc) is 3.05. The second-order valence-corrected chi connectivity index (χ2v) is 7.00. The van der Waals surface area contributed by atoms with Crippen LogP contribution in [0.4, 0.5) is 5.69 Å². The van der Waals surface area contributed by atoms with E-state index in [2.05, 4.69) is 55.2 Å². The van der Waals surface area contributed by atoms with E-state index >= 15 is 0 Å². The summed E-state index contributed by atoms with van der Waals surface area (Å²) in [6.07, 6.45) is 2.78. The van der Waals surface area contributed by atoms with Gasteiger partial charge in [0.25, 0.3) is 0 Å². The highest BCUT2D eigenvalue weighted by atomic mass is 127. The molecule has 2 rings (SSSR count). The van der Waals surface area contributed by atoms with Crippen LogP contribution >= 0.6 is 39.9 Å². The van der Waals surface area contributed by atoms with Gasteiger partial charge in [-0.15, -0.1) is 30.6 Å². The maximum Gasteiger partial charge on any atom is 0.243 e. The van der Waals surface area contributed by atoms with Crippen LogP contribution in [0.5, 0.6) is 0 Å². The Morgan fingerprint density at radius 2 is 2.19 bits per heavy atom. The zero-order valence-electron chi connectivity index (χ0n) is 15.2. The predicted molar refractivity (Wildman–Crippen MR) is 123 cm³/mol. The van der Waals surface area contributed by atoms with E-state index in [0.717, 1.165) is 24.0 Å². The topological polar surface area (TPSA) is 60.0 Å². The Labute approximate surface area is 181 Å². The molecule has 0 spiro atoms. The SMILES string of the molecule is C=CCNC(=NCC(=O)N(C)C)NC1CCN(c2ccccc2Br)C1.I. The van der Waals surface area contributed by atoms with E-state index in [-0.39, 0.29) is 42.5 Å². The van der Waals surface area contributed by atoms with E-state index in [0.29, 0.717) is 12.5 Å². The number of aliphatic imine (C=N–C) groups is 1. The van der Waals surface area contributed by atoms with Gasteiger partial charge in [0.05, 0.1) is 5.69 Å². The van der Waals surface area contributed by atoms with Crippen molar-refractivity contribution in [1.29, 1.82) is 0 Å². The number of guanidine groups is 1. The maximum absolute atomic E-state index is 11.8. The summed E-state index contributed by atoms with van der Waals surface area (Å²) in [6.45, 7) is 6.31. The van der Waals surface area contributed by atoms with E-state index in [1.807, 2.05) is 12.1 Å². The van der Waals surface area contributed by atoms with Crippen LogP contribution in [-0.4, -0.2) is 63.1 Å². The Hall–Kier alpha value is -1.29. The van der Waals surface area contributed by atoms with Gasteiger partial charge in [0, 0.05) is 44.2 Å². The monoisotopic (exact) mass is 535 g/mol. The summed E-state index contributed by atoms with van der Waals surface area (Å²) in [5, 5.41) is 6.61. The number of carbonyl (C=O) groups is 1. The van der Waals surface area contributed by atoms with Crippen LogP contribution in [0.25, 0.3) is 0 Å². The number of rotatable bonds is 6. The van der Waals surface area contributed by atoms with Crippen molar-refractivity contribution in [2.75, 3.05) is 45.2 Å². The molecule has 6 nitrogen and oxygen atoms in total. The first-order valence-corrected chi connectivity index (χ1v) is 9.16. The molecular weight excluding hydrogens is 509 g/mol. The van der Waals surface area contributed by atoms with Gasteiger partial charge in [0.15, 0.2) is 5.96 Å². The molecule has 1 heterocycles. The minimum absolute atomic E-state index is 0. The van der Waals surface area contributed by atoms with E-state index < -0.39 is 0 Å². The first kappa shape index (κ1) is 22.8. The number of benzene rings is 1. The summed E-state index contributed by atoms with van der Waals surface area (Å²) < 4.78 is 1.10. The van der Waals surface area contributed by atoms with Gasteiger partial charge in [-0.3, -0.25) is 4.79 Å². The molecule has 0 aromatic heterocycles. The molecule has 1 aliphatic rings. The molecule has 1 aliphatic heterocycles. The van der Waals surface area contributed by atoms with Crippen LogP contribution < -0.4 is 15.5 Å². The van der Waals surface area contributed by atoms with Crippen molar-refractivity contribution in [2.24, 2.45) is 4.99 Å². The van der Waals surface area contributed by atoms with Crippen molar-refractivity contribution < 1.29 is 4.79 Å². The molecule has 1 atom stereocenters. The summed E-state index contributed by atoms with van der Waals surface area (Å²) in [7, 11) is 3.46. The normalized spacial score (nSPS) is 16.7. The first-order chi connectivity index (χ1) is 12.0. The summed E-state index contributed by atoms with van der Waals surface area (Å²) in [5.41, 5.74) is 1.20. The van der Waals surface area contributed by atoms with Crippen molar-refractivity contribution >= 4 is 57.5 Å². The van der Waals surface area contributed by atoms with Crippen LogP contribution in [0.2, 0.25) is 0 Å². The third kappa shape index (κ3) is 6.79. The summed E-state index contributed by atoms with van der Waals surface area (Å²) >= 11 is 3.61. The van der Waals surface area contributed by atoms with Gasteiger partial charge in [-0.1, -0.05) is 18.2 Å². The lowest BCUT2D eigenvalue weighted by atomic mass is 10.3. The minimum Gasteiger partial charge on any atom is -0.368 e. The summed E-state index contributed by atoms with van der Waals surface area (Å²) in [4.78, 5) is 20.0. The Kier molecular flexibility index (Phi) is 10.0. The van der Waals surface area contributed by atoms with Crippen molar-refractivity contribution in [3.63, 3.8) is 0 Å². The number of hydrogen-bond donors (Lipinski definition) is 2. The van der Waals surface area contributed by atoms with E-state index in [1.54, 1.807) is 25.1 Å². The van der Waals surface area contributed by atoms with Gasteiger partial charge >= 0.3 is 0 Å². The van der Waals surface area contributed by atoms with Gasteiger partial charge in [0.2, 0.25) is 5.91 Å². The molecule has 1 aromatic carbocycles. The number of para-hydroxylation sites is 1. The lowest BCUT2D eigenvalue weighted by Gasteiger charge is -2.21. The summed E-state index contributed by atoms with van der Waals surface area (Å²) in [6, 6.07) is 8.52. The largest absolute Gasteiger partial charge is 0.368 e. The number of hydrogen-bond acceptors (Lipinski definition) is 3. The molecule has 26 heavy (non-hydrogen) atoms. The van der Waals surface area contributed by atoms with Crippen molar-refractivity contribution in [1.82, 2.24) is 15.5 Å². The molecule has 0 bridgehead atoms. The lowest BCUT2D eigenvalue weighted by molar-refractivity contribution is -0.127. The van der Waals surface area contributed by atoms with E-state index in [1.165, 1.54) is 5.69 Å². The Morgan fingerprint density at radius 3 is 2.85 bits per heavy atom. The first-order valence-electron chi connectivity index (χ1n) is 8.36. The number of carbonyl (C=O) groups excluding carboxylic acids is 1. The van der Waals surface area contributed by atoms with Gasteiger partial charge in [0.1, 0.15) is 6.54 Å². The molecule has 2 N–H and O–H groups in total. The molecule has 144 valence electrons. The highest BCUT2D eigenvalue weighted by molar-refractivity contribution is 14.0. The van der Waals surface area contributed by atoms with Crippen LogP contribution in [-0.2, 0) is 4.79 Å². The third-order valence-corrected chi connectivity index (χ3v) is 4.68. The molecule has 0 radical (unpaired) electrons. The number of amides is 1. The van der Waals surface area contributed by atoms with Gasteiger partial charge in [-0.25, -0.2) is 4.99 Å². The van der Waals surface area contributed by atoms with Gasteiger partial charge < -0.3 is 20.4 Å². The molecule has 1 saturated heterocycles. The fourth-order valence-electron chi connectivity index (χ4n) is 2.61. The fourth-order valence-corrected chi connectivity index (χ4v) is 3.14. The second-order valence-electron chi connectivity index (χ2n) is 6.15. The standard InChI is InChI=1S/C18H26BrN5O.HI/c1-4-10-20-18(21-12-17(25)23(2)3)22-14-9-11-24(13-14)16-8-6-5-7-15(16)19;/h4-8,14H,1,9-13H2,2-3H3,(H2,20,21,22);1H. The number of halogens is 2. The molecule has 1 fully saturated rings. The lowest BCUT2D eigenvalue weighted by Crippen LogP contribution is -2.45. The van der Waals surface area contributed by atoms with Crippen LogP contribution in [0.15, 0.2) is 46.4 Å². The highest BCUT2D eigenvalue weighted by Crippen LogP contribution is 2.28.